The van der Waals surface area contributed by atoms with Crippen molar-refractivity contribution in [2.45, 2.75) is 13.5 Å². The fourth-order valence-corrected chi connectivity index (χ4v) is 1.41. The zero-order valence-corrected chi connectivity index (χ0v) is 9.46. The van der Waals surface area contributed by atoms with Gasteiger partial charge in [0.1, 0.15) is 23.3 Å². The first-order chi connectivity index (χ1) is 8.29. The molecule has 6 heteroatoms. The minimum absolute atomic E-state index is 0.459. The van der Waals surface area contributed by atoms with Crippen molar-refractivity contribution < 1.29 is 0 Å². The normalized spacial score (nSPS) is 9.88. The van der Waals surface area contributed by atoms with Gasteiger partial charge in [-0.25, -0.2) is 15.0 Å². The average molecular weight is 228 g/mol. The van der Waals surface area contributed by atoms with E-state index in [1.165, 1.54) is 6.20 Å². The van der Waals surface area contributed by atoms with Crippen LogP contribution in [-0.4, -0.2) is 26.1 Å². The molecule has 6 nitrogen and oxygen atoms in total. The molecule has 17 heavy (non-hydrogen) atoms. The van der Waals surface area contributed by atoms with E-state index < -0.39 is 0 Å². The summed E-state index contributed by atoms with van der Waals surface area (Å²) >= 11 is 0. The summed E-state index contributed by atoms with van der Waals surface area (Å²) in [6.07, 6.45) is 6.90. The van der Waals surface area contributed by atoms with Crippen LogP contribution in [-0.2, 0) is 6.54 Å². The number of nitrogens with zero attached hydrogens (tertiary/aromatic N) is 5. The van der Waals surface area contributed by atoms with Crippen molar-refractivity contribution in [1.82, 2.24) is 19.5 Å². The van der Waals surface area contributed by atoms with Crippen LogP contribution in [0.25, 0.3) is 0 Å². The molecule has 1 N–H and O–H groups in total. The Bertz CT molecular complexity index is 525. The van der Waals surface area contributed by atoms with Crippen LogP contribution in [0, 0.1) is 18.3 Å². The molecule has 86 valence electrons. The van der Waals surface area contributed by atoms with Crippen molar-refractivity contribution in [3.05, 3.63) is 36.3 Å². The lowest BCUT2D eigenvalue weighted by molar-refractivity contribution is 0.724. The summed E-state index contributed by atoms with van der Waals surface area (Å²) in [5.74, 6) is 1.23. The minimum Gasteiger partial charge on any atom is -0.367 e. The van der Waals surface area contributed by atoms with Crippen LogP contribution in [0.15, 0.2) is 24.9 Å². The minimum atomic E-state index is 0.459. The number of nitriles is 1. The predicted octanol–water partition coefficient (Wildman–Crippen LogP) is 0.965. The molecule has 2 rings (SSSR count). The molecule has 2 aromatic rings. The Kier molecular flexibility index (Phi) is 3.31. The van der Waals surface area contributed by atoms with Crippen molar-refractivity contribution in [2.24, 2.45) is 0 Å². The summed E-state index contributed by atoms with van der Waals surface area (Å²) in [4.78, 5) is 12.1. The lowest BCUT2D eigenvalue weighted by Crippen LogP contribution is -2.12. The highest BCUT2D eigenvalue weighted by Crippen LogP contribution is 2.09. The SMILES string of the molecule is Cc1ncc(C#N)c(NCCn2ccnc2)n1. The Morgan fingerprint density at radius 3 is 3.12 bits per heavy atom. The maximum Gasteiger partial charge on any atom is 0.147 e. The Morgan fingerprint density at radius 2 is 2.41 bits per heavy atom. The molecular formula is C11H12N6. The molecule has 0 atom stereocenters. The number of hydrogen-bond acceptors (Lipinski definition) is 5. The Balaban J connectivity index is 1.99. The van der Waals surface area contributed by atoms with Gasteiger partial charge in [-0.3, -0.25) is 0 Å². The quantitative estimate of drug-likeness (QED) is 0.843. The Hall–Kier alpha value is -2.42. The van der Waals surface area contributed by atoms with Gasteiger partial charge in [-0.15, -0.1) is 0 Å². The zero-order valence-electron chi connectivity index (χ0n) is 9.46. The average Bonchev–Trinajstić information content (AvgIpc) is 2.82. The van der Waals surface area contributed by atoms with Crippen molar-refractivity contribution in [3.63, 3.8) is 0 Å². The number of nitrogens with one attached hydrogen (secondary N) is 1. The molecule has 2 aromatic heterocycles. The molecule has 0 radical (unpaired) electrons. The van der Waals surface area contributed by atoms with Crippen LogP contribution >= 0.6 is 0 Å². The number of aryl methyl sites for hydroxylation is 1. The van der Waals surface area contributed by atoms with E-state index >= 15 is 0 Å². The Morgan fingerprint density at radius 1 is 1.53 bits per heavy atom. The number of imidazole rings is 1. The second kappa shape index (κ2) is 5.07. The molecule has 0 aliphatic carbocycles. The maximum absolute atomic E-state index is 8.91. The third-order valence-corrected chi connectivity index (χ3v) is 2.25. The van der Waals surface area contributed by atoms with Gasteiger partial charge in [0.05, 0.1) is 12.5 Å². The van der Waals surface area contributed by atoms with Crippen LogP contribution < -0.4 is 5.32 Å². The van der Waals surface area contributed by atoms with E-state index in [0.29, 0.717) is 23.8 Å². The number of hydrogen-bond donors (Lipinski definition) is 1. The highest BCUT2D eigenvalue weighted by Gasteiger charge is 2.03. The fourth-order valence-electron chi connectivity index (χ4n) is 1.41. The molecule has 0 fully saturated rings. The van der Waals surface area contributed by atoms with E-state index in [0.717, 1.165) is 6.54 Å². The van der Waals surface area contributed by atoms with Gasteiger partial charge in [-0.1, -0.05) is 0 Å². The topological polar surface area (TPSA) is 79.4 Å². The van der Waals surface area contributed by atoms with E-state index in [9.17, 15) is 0 Å². The first-order valence-corrected chi connectivity index (χ1v) is 5.23. The highest BCUT2D eigenvalue weighted by atomic mass is 15.1. The van der Waals surface area contributed by atoms with Gasteiger partial charge in [0.25, 0.3) is 0 Å². The molecule has 0 amide bonds. The highest BCUT2D eigenvalue weighted by molar-refractivity contribution is 5.50. The zero-order chi connectivity index (χ0) is 12.1. The predicted molar refractivity (Wildman–Crippen MR) is 62.2 cm³/mol. The summed E-state index contributed by atoms with van der Waals surface area (Å²) < 4.78 is 1.95. The number of anilines is 1. The van der Waals surface area contributed by atoms with Gasteiger partial charge in [0.2, 0.25) is 0 Å². The molecule has 0 saturated heterocycles. The van der Waals surface area contributed by atoms with Crippen molar-refractivity contribution in [1.29, 1.82) is 5.26 Å². The lowest BCUT2D eigenvalue weighted by atomic mass is 10.3. The first-order valence-electron chi connectivity index (χ1n) is 5.23. The monoisotopic (exact) mass is 228 g/mol. The lowest BCUT2D eigenvalue weighted by Gasteiger charge is -2.07. The van der Waals surface area contributed by atoms with E-state index in [1.54, 1.807) is 19.4 Å². The van der Waals surface area contributed by atoms with E-state index in [-0.39, 0.29) is 0 Å². The van der Waals surface area contributed by atoms with Crippen LogP contribution in [0.5, 0.6) is 0 Å². The fraction of sp³-hybridized carbons (Fsp3) is 0.273. The number of rotatable bonds is 4. The van der Waals surface area contributed by atoms with Crippen molar-refractivity contribution in [2.75, 3.05) is 11.9 Å². The molecule has 0 unspecified atom stereocenters. The van der Waals surface area contributed by atoms with Gasteiger partial charge in [0, 0.05) is 25.5 Å². The molecule has 0 saturated carbocycles. The Labute approximate surface area is 99.0 Å². The van der Waals surface area contributed by atoms with Crippen LogP contribution in [0.3, 0.4) is 0 Å². The second-order valence-electron chi connectivity index (χ2n) is 3.52. The molecule has 0 bridgehead atoms. The first kappa shape index (κ1) is 11.1. The molecule has 0 spiro atoms. The standard InChI is InChI=1S/C11H12N6/c1-9-15-7-10(6-12)11(16-9)14-3-5-17-4-2-13-8-17/h2,4,7-8H,3,5H2,1H3,(H,14,15,16). The maximum atomic E-state index is 8.91. The van der Waals surface area contributed by atoms with Gasteiger partial charge >= 0.3 is 0 Å². The van der Waals surface area contributed by atoms with Gasteiger partial charge in [-0.05, 0) is 6.92 Å². The third-order valence-electron chi connectivity index (χ3n) is 2.25. The van der Waals surface area contributed by atoms with E-state index in [2.05, 4.69) is 26.3 Å². The van der Waals surface area contributed by atoms with E-state index in [4.69, 9.17) is 5.26 Å². The van der Waals surface area contributed by atoms with Crippen LogP contribution in [0.2, 0.25) is 0 Å². The van der Waals surface area contributed by atoms with Crippen molar-refractivity contribution in [3.8, 4) is 6.07 Å². The molecule has 2 heterocycles. The largest absolute Gasteiger partial charge is 0.367 e. The van der Waals surface area contributed by atoms with Crippen LogP contribution in [0.1, 0.15) is 11.4 Å². The molecule has 0 aliphatic rings. The third kappa shape index (κ3) is 2.78. The van der Waals surface area contributed by atoms with Gasteiger partial charge < -0.3 is 9.88 Å². The second-order valence-corrected chi connectivity index (χ2v) is 3.52. The summed E-state index contributed by atoms with van der Waals surface area (Å²) in [6.45, 7) is 3.25. The van der Waals surface area contributed by atoms with Crippen LogP contribution in [0.4, 0.5) is 5.82 Å². The molecular weight excluding hydrogens is 216 g/mol. The number of aromatic nitrogens is 4. The summed E-state index contributed by atoms with van der Waals surface area (Å²) in [7, 11) is 0. The summed E-state index contributed by atoms with van der Waals surface area (Å²) in [5.41, 5.74) is 0.459. The van der Waals surface area contributed by atoms with E-state index in [1.807, 2.05) is 10.8 Å². The van der Waals surface area contributed by atoms with Gasteiger partial charge in [0.15, 0.2) is 0 Å². The summed E-state index contributed by atoms with van der Waals surface area (Å²) in [5, 5.41) is 12.0. The smallest absolute Gasteiger partial charge is 0.147 e. The van der Waals surface area contributed by atoms with Crippen molar-refractivity contribution >= 4 is 5.82 Å². The molecule has 0 aliphatic heterocycles. The molecule has 0 aromatic carbocycles. The van der Waals surface area contributed by atoms with Gasteiger partial charge in [-0.2, -0.15) is 5.26 Å². The summed E-state index contributed by atoms with van der Waals surface area (Å²) in [6, 6.07) is 2.06.